The highest BCUT2D eigenvalue weighted by molar-refractivity contribution is 5.40. The van der Waals surface area contributed by atoms with Crippen LogP contribution in [0.5, 0.6) is 0 Å². The minimum absolute atomic E-state index is 0.381. The highest BCUT2D eigenvalue weighted by Gasteiger charge is 2.45. The lowest BCUT2D eigenvalue weighted by molar-refractivity contribution is 0.227. The van der Waals surface area contributed by atoms with Crippen LogP contribution in [0.3, 0.4) is 0 Å². The van der Waals surface area contributed by atoms with Crippen LogP contribution in [0.15, 0.2) is 23.4 Å². The van der Waals surface area contributed by atoms with Crippen LogP contribution >= 0.6 is 0 Å². The second kappa shape index (κ2) is 3.13. The van der Waals surface area contributed by atoms with Gasteiger partial charge in [-0.1, -0.05) is 31.9 Å². The van der Waals surface area contributed by atoms with Gasteiger partial charge in [0.2, 0.25) is 0 Å². The third kappa shape index (κ3) is 1.28. The largest absolute Gasteiger partial charge is 0.382 e. The zero-order chi connectivity index (χ0) is 10.5. The summed E-state index contributed by atoms with van der Waals surface area (Å²) in [7, 11) is 0. The van der Waals surface area contributed by atoms with Gasteiger partial charge in [0.15, 0.2) is 0 Å². The lowest BCUT2D eigenvalue weighted by atomic mass is 9.72. The summed E-state index contributed by atoms with van der Waals surface area (Å²) in [5.74, 6) is 1.51. The van der Waals surface area contributed by atoms with E-state index in [1.54, 1.807) is 11.3 Å². The Hall–Kier alpha value is -0.720. The summed E-state index contributed by atoms with van der Waals surface area (Å²) in [6.45, 7) is 4.78. The molecule has 1 aliphatic heterocycles. The highest BCUT2D eigenvalue weighted by atomic mass is 15.0. The monoisotopic (exact) mass is 203 g/mol. The average molecular weight is 203 g/mol. The van der Waals surface area contributed by atoms with Crippen LogP contribution in [0.4, 0.5) is 0 Å². The Bertz CT molecular complexity index is 339. The van der Waals surface area contributed by atoms with Crippen LogP contribution in [0.2, 0.25) is 0 Å². The zero-order valence-electron chi connectivity index (χ0n) is 9.84. The van der Waals surface area contributed by atoms with Crippen molar-refractivity contribution in [1.82, 2.24) is 5.32 Å². The number of nitrogens with one attached hydrogen (secondary N) is 1. The molecule has 0 aromatic carbocycles. The molecule has 0 aromatic rings. The Morgan fingerprint density at radius 1 is 1.40 bits per heavy atom. The first-order valence-corrected chi connectivity index (χ1v) is 6.39. The average Bonchev–Trinajstić information content (AvgIpc) is 2.52. The third-order valence-corrected chi connectivity index (χ3v) is 4.59. The molecule has 3 aliphatic rings. The molecule has 1 heterocycles. The van der Waals surface area contributed by atoms with Crippen LogP contribution < -0.4 is 5.32 Å². The molecule has 82 valence electrons. The van der Waals surface area contributed by atoms with E-state index in [1.807, 2.05) is 0 Å². The number of hydrogen-bond acceptors (Lipinski definition) is 1. The second-order valence-electron chi connectivity index (χ2n) is 5.75. The first-order valence-electron chi connectivity index (χ1n) is 6.39. The van der Waals surface area contributed by atoms with E-state index < -0.39 is 0 Å². The maximum Gasteiger partial charge on any atom is 0.0411 e. The van der Waals surface area contributed by atoms with E-state index in [1.165, 1.54) is 32.1 Å². The Balaban J connectivity index is 1.98. The summed E-state index contributed by atoms with van der Waals surface area (Å²) in [6, 6.07) is 0. The van der Waals surface area contributed by atoms with Crippen molar-refractivity contribution in [2.24, 2.45) is 11.8 Å². The first-order chi connectivity index (χ1) is 7.21. The van der Waals surface area contributed by atoms with Gasteiger partial charge in [0.25, 0.3) is 0 Å². The van der Waals surface area contributed by atoms with Crippen LogP contribution in [0.1, 0.15) is 46.0 Å². The predicted molar refractivity (Wildman–Crippen MR) is 63.4 cm³/mol. The molecule has 3 rings (SSSR count). The Morgan fingerprint density at radius 3 is 3.13 bits per heavy atom. The van der Waals surface area contributed by atoms with Crippen LogP contribution in [-0.2, 0) is 0 Å². The van der Waals surface area contributed by atoms with Gasteiger partial charge in [-0.15, -0.1) is 0 Å². The van der Waals surface area contributed by atoms with Crippen LogP contribution in [0.25, 0.3) is 0 Å². The minimum Gasteiger partial charge on any atom is -0.382 e. The molecule has 1 saturated carbocycles. The topological polar surface area (TPSA) is 12.0 Å². The second-order valence-corrected chi connectivity index (χ2v) is 5.75. The fourth-order valence-corrected chi connectivity index (χ4v) is 3.68. The molecule has 3 atom stereocenters. The van der Waals surface area contributed by atoms with Crippen LogP contribution in [0, 0.1) is 11.8 Å². The lowest BCUT2D eigenvalue weighted by Crippen LogP contribution is -2.45. The van der Waals surface area contributed by atoms with Crippen molar-refractivity contribution in [3.05, 3.63) is 23.4 Å². The molecular weight excluding hydrogens is 182 g/mol. The smallest absolute Gasteiger partial charge is 0.0411 e. The van der Waals surface area contributed by atoms with Gasteiger partial charge in [-0.25, -0.2) is 0 Å². The molecule has 0 amide bonds. The summed E-state index contributed by atoms with van der Waals surface area (Å²) >= 11 is 0. The maximum atomic E-state index is 3.85. The molecule has 1 fully saturated rings. The first kappa shape index (κ1) is 9.50. The fourth-order valence-electron chi connectivity index (χ4n) is 3.68. The SMILES string of the molecule is CC1CC=CC2=C1NC1(C)CCCCC21. The molecule has 1 N–H and O–H groups in total. The molecule has 0 aromatic heterocycles. The van der Waals surface area contributed by atoms with Crippen molar-refractivity contribution in [3.8, 4) is 0 Å². The molecule has 0 saturated heterocycles. The molecule has 15 heavy (non-hydrogen) atoms. The quantitative estimate of drug-likeness (QED) is 0.636. The van der Waals surface area contributed by atoms with Crippen molar-refractivity contribution < 1.29 is 0 Å². The Labute approximate surface area is 92.6 Å². The van der Waals surface area contributed by atoms with Gasteiger partial charge in [-0.05, 0) is 37.7 Å². The van der Waals surface area contributed by atoms with Crippen molar-refractivity contribution in [1.29, 1.82) is 0 Å². The Morgan fingerprint density at radius 2 is 2.27 bits per heavy atom. The molecule has 1 nitrogen and oxygen atoms in total. The Kier molecular flexibility index (Phi) is 1.99. The van der Waals surface area contributed by atoms with Gasteiger partial charge in [0.1, 0.15) is 0 Å². The fraction of sp³-hybridized carbons (Fsp3) is 0.714. The summed E-state index contributed by atoms with van der Waals surface area (Å²) < 4.78 is 0. The summed E-state index contributed by atoms with van der Waals surface area (Å²) in [4.78, 5) is 0. The highest BCUT2D eigenvalue weighted by Crippen LogP contribution is 2.47. The third-order valence-electron chi connectivity index (χ3n) is 4.59. The molecule has 0 bridgehead atoms. The van der Waals surface area contributed by atoms with Gasteiger partial charge >= 0.3 is 0 Å². The van der Waals surface area contributed by atoms with Crippen molar-refractivity contribution in [3.63, 3.8) is 0 Å². The number of rotatable bonds is 0. The van der Waals surface area contributed by atoms with E-state index >= 15 is 0 Å². The van der Waals surface area contributed by atoms with E-state index in [9.17, 15) is 0 Å². The molecule has 0 radical (unpaired) electrons. The number of hydrogen-bond donors (Lipinski definition) is 1. The van der Waals surface area contributed by atoms with Crippen LogP contribution in [-0.4, -0.2) is 5.54 Å². The van der Waals surface area contributed by atoms with Crippen molar-refractivity contribution >= 4 is 0 Å². The molecular formula is C14H21N. The van der Waals surface area contributed by atoms with Gasteiger partial charge < -0.3 is 5.32 Å². The van der Waals surface area contributed by atoms with E-state index in [4.69, 9.17) is 0 Å². The summed E-state index contributed by atoms with van der Waals surface area (Å²) in [6.07, 6.45) is 11.5. The van der Waals surface area contributed by atoms with Crippen molar-refractivity contribution in [2.75, 3.05) is 0 Å². The molecule has 0 spiro atoms. The number of fused-ring (bicyclic) bond motifs is 2. The summed E-state index contributed by atoms with van der Waals surface area (Å²) in [5, 5.41) is 3.85. The lowest BCUT2D eigenvalue weighted by Gasteiger charge is -2.37. The predicted octanol–water partition coefficient (Wildman–Crippen LogP) is 3.39. The van der Waals surface area contributed by atoms with E-state index in [0.717, 1.165) is 5.92 Å². The molecule has 3 unspecified atom stereocenters. The minimum atomic E-state index is 0.381. The number of allylic oxidation sites excluding steroid dienone is 3. The van der Waals surface area contributed by atoms with E-state index in [-0.39, 0.29) is 0 Å². The normalized spacial score (nSPS) is 43.6. The van der Waals surface area contributed by atoms with E-state index in [2.05, 4.69) is 31.3 Å². The van der Waals surface area contributed by atoms with Gasteiger partial charge in [-0.2, -0.15) is 0 Å². The van der Waals surface area contributed by atoms with Gasteiger partial charge in [-0.3, -0.25) is 0 Å². The maximum absolute atomic E-state index is 3.85. The van der Waals surface area contributed by atoms with Crippen molar-refractivity contribution in [2.45, 2.75) is 51.5 Å². The van der Waals surface area contributed by atoms with E-state index in [0.29, 0.717) is 11.5 Å². The zero-order valence-corrected chi connectivity index (χ0v) is 9.84. The van der Waals surface area contributed by atoms with Gasteiger partial charge in [0, 0.05) is 17.2 Å². The molecule has 1 heteroatoms. The van der Waals surface area contributed by atoms with Gasteiger partial charge in [0.05, 0.1) is 0 Å². The summed E-state index contributed by atoms with van der Waals surface area (Å²) in [5.41, 5.74) is 3.58. The molecule has 2 aliphatic carbocycles. The standard InChI is InChI=1S/C14H21N/c1-10-6-5-7-11-12-8-3-4-9-14(12,2)15-13(10)11/h5,7,10,12,15H,3-4,6,8-9H2,1-2H3.